The largest absolute Gasteiger partial charge is 0.346 e. The van der Waals surface area contributed by atoms with Gasteiger partial charge in [0.25, 0.3) is 11.8 Å². The molecule has 0 aliphatic carbocycles. The Morgan fingerprint density at radius 1 is 0.920 bits per heavy atom. The molecule has 0 saturated heterocycles. The number of hydrogen-bond acceptors (Lipinski definition) is 3. The Morgan fingerprint density at radius 2 is 1.72 bits per heavy atom. The second kappa shape index (κ2) is 7.77. The van der Waals surface area contributed by atoms with Crippen LogP contribution in [0.4, 0.5) is 5.69 Å². The van der Waals surface area contributed by atoms with E-state index < -0.39 is 0 Å². The van der Waals surface area contributed by atoms with E-state index in [1.165, 1.54) is 11.3 Å². The van der Waals surface area contributed by atoms with Crippen molar-refractivity contribution in [3.05, 3.63) is 88.1 Å². The molecule has 0 saturated carbocycles. The third kappa shape index (κ3) is 4.33. The average molecular weight is 350 g/mol. The highest BCUT2D eigenvalue weighted by atomic mass is 32.1. The predicted molar refractivity (Wildman–Crippen MR) is 101 cm³/mol. The van der Waals surface area contributed by atoms with E-state index in [0.717, 1.165) is 5.56 Å². The lowest BCUT2D eigenvalue weighted by Crippen LogP contribution is -2.26. The molecule has 25 heavy (non-hydrogen) atoms. The fraction of sp³-hybridized carbons (Fsp3) is 0.100. The minimum Gasteiger partial charge on any atom is -0.346 e. The van der Waals surface area contributed by atoms with Crippen LogP contribution in [-0.4, -0.2) is 11.8 Å². The summed E-state index contributed by atoms with van der Waals surface area (Å²) < 4.78 is 0. The van der Waals surface area contributed by atoms with Gasteiger partial charge in [0.2, 0.25) is 0 Å². The van der Waals surface area contributed by atoms with E-state index >= 15 is 0 Å². The van der Waals surface area contributed by atoms with E-state index in [9.17, 15) is 9.59 Å². The van der Waals surface area contributed by atoms with Crippen LogP contribution in [0.2, 0.25) is 0 Å². The smallest absolute Gasteiger partial charge is 0.265 e. The molecule has 0 bridgehead atoms. The van der Waals surface area contributed by atoms with Gasteiger partial charge in [-0.25, -0.2) is 0 Å². The van der Waals surface area contributed by atoms with E-state index in [1.54, 1.807) is 30.3 Å². The molecule has 5 heteroatoms. The number of thiophene rings is 1. The molecule has 4 nitrogen and oxygen atoms in total. The maximum absolute atomic E-state index is 12.5. The van der Waals surface area contributed by atoms with Crippen molar-refractivity contribution in [1.82, 2.24) is 5.32 Å². The van der Waals surface area contributed by atoms with E-state index in [1.807, 2.05) is 48.7 Å². The van der Waals surface area contributed by atoms with Crippen molar-refractivity contribution >= 4 is 28.8 Å². The summed E-state index contributed by atoms with van der Waals surface area (Å²) in [5.74, 6) is -0.353. The Kier molecular flexibility index (Phi) is 5.26. The molecule has 2 amide bonds. The van der Waals surface area contributed by atoms with Gasteiger partial charge in [0, 0.05) is 11.3 Å². The van der Waals surface area contributed by atoms with E-state index in [4.69, 9.17) is 0 Å². The summed E-state index contributed by atoms with van der Waals surface area (Å²) in [6.45, 7) is 1.94. The Labute approximate surface area is 150 Å². The molecule has 0 radical (unpaired) electrons. The third-order valence-electron chi connectivity index (χ3n) is 3.77. The van der Waals surface area contributed by atoms with Gasteiger partial charge in [0.1, 0.15) is 0 Å². The van der Waals surface area contributed by atoms with Gasteiger partial charge in [0.05, 0.1) is 10.9 Å². The van der Waals surface area contributed by atoms with Crippen molar-refractivity contribution in [3.63, 3.8) is 0 Å². The second-order valence-electron chi connectivity index (χ2n) is 5.62. The number of carbonyl (C=O) groups is 2. The molecule has 1 aromatic heterocycles. The van der Waals surface area contributed by atoms with Crippen LogP contribution in [0.5, 0.6) is 0 Å². The molecule has 1 heterocycles. The van der Waals surface area contributed by atoms with Gasteiger partial charge >= 0.3 is 0 Å². The van der Waals surface area contributed by atoms with Crippen LogP contribution >= 0.6 is 11.3 Å². The first-order chi connectivity index (χ1) is 12.1. The lowest BCUT2D eigenvalue weighted by Gasteiger charge is -2.14. The summed E-state index contributed by atoms with van der Waals surface area (Å²) in [6.07, 6.45) is 0. The van der Waals surface area contributed by atoms with Crippen molar-refractivity contribution in [2.45, 2.75) is 13.0 Å². The number of benzene rings is 2. The molecular weight excluding hydrogens is 332 g/mol. The normalized spacial score (nSPS) is 11.6. The van der Waals surface area contributed by atoms with Crippen LogP contribution < -0.4 is 10.6 Å². The Bertz CT molecular complexity index is 860. The van der Waals surface area contributed by atoms with Crippen molar-refractivity contribution in [2.75, 3.05) is 5.32 Å². The topological polar surface area (TPSA) is 58.2 Å². The standard InChI is InChI=1S/C20H18N2O2S/c1-14(15-7-3-2-4-8-15)21-19(23)16-9-5-10-17(13-16)22-20(24)18-11-6-12-25-18/h2-14H,1H3,(H,21,23)(H,22,24). The van der Waals surface area contributed by atoms with E-state index in [2.05, 4.69) is 10.6 Å². The average Bonchev–Trinajstić information content (AvgIpc) is 3.17. The monoisotopic (exact) mass is 350 g/mol. The minimum atomic E-state index is -0.177. The number of nitrogens with one attached hydrogen (secondary N) is 2. The van der Waals surface area contributed by atoms with Gasteiger partial charge in [-0.3, -0.25) is 9.59 Å². The fourth-order valence-corrected chi connectivity index (χ4v) is 3.06. The van der Waals surface area contributed by atoms with Gasteiger partial charge in [-0.05, 0) is 42.1 Å². The number of rotatable bonds is 5. The highest BCUT2D eigenvalue weighted by molar-refractivity contribution is 7.12. The summed E-state index contributed by atoms with van der Waals surface area (Å²) in [4.78, 5) is 25.2. The molecule has 0 aliphatic heterocycles. The summed E-state index contributed by atoms with van der Waals surface area (Å²) in [5, 5.41) is 7.64. The first-order valence-electron chi connectivity index (χ1n) is 7.94. The SMILES string of the molecule is CC(NC(=O)c1cccc(NC(=O)c2cccs2)c1)c1ccccc1. The molecule has 0 spiro atoms. The summed E-state index contributed by atoms with van der Waals surface area (Å²) >= 11 is 1.38. The van der Waals surface area contributed by atoms with Crippen molar-refractivity contribution < 1.29 is 9.59 Å². The maximum atomic E-state index is 12.5. The maximum Gasteiger partial charge on any atom is 0.265 e. The zero-order valence-electron chi connectivity index (χ0n) is 13.7. The summed E-state index contributed by atoms with van der Waals surface area (Å²) in [6, 6.07) is 20.2. The first-order valence-corrected chi connectivity index (χ1v) is 8.82. The molecule has 0 fully saturated rings. The van der Waals surface area contributed by atoms with Crippen molar-refractivity contribution in [3.8, 4) is 0 Å². The van der Waals surface area contributed by atoms with Gasteiger partial charge < -0.3 is 10.6 Å². The van der Waals surface area contributed by atoms with Gasteiger partial charge in [-0.1, -0.05) is 42.5 Å². The molecule has 2 aromatic carbocycles. The molecule has 2 N–H and O–H groups in total. The number of carbonyl (C=O) groups excluding carboxylic acids is 2. The Balaban J connectivity index is 1.68. The van der Waals surface area contributed by atoms with Crippen LogP contribution in [0, 0.1) is 0 Å². The van der Waals surface area contributed by atoms with E-state index in [0.29, 0.717) is 16.1 Å². The third-order valence-corrected chi connectivity index (χ3v) is 4.64. The lowest BCUT2D eigenvalue weighted by molar-refractivity contribution is 0.0938. The van der Waals surface area contributed by atoms with Crippen molar-refractivity contribution in [2.24, 2.45) is 0 Å². The van der Waals surface area contributed by atoms with Crippen LogP contribution in [0.15, 0.2) is 72.1 Å². The summed E-state index contributed by atoms with van der Waals surface area (Å²) in [5.41, 5.74) is 2.14. The highest BCUT2D eigenvalue weighted by Gasteiger charge is 2.13. The van der Waals surface area contributed by atoms with Crippen LogP contribution in [-0.2, 0) is 0 Å². The summed E-state index contributed by atoms with van der Waals surface area (Å²) in [7, 11) is 0. The van der Waals surface area contributed by atoms with Crippen LogP contribution in [0.25, 0.3) is 0 Å². The second-order valence-corrected chi connectivity index (χ2v) is 6.57. The van der Waals surface area contributed by atoms with Gasteiger partial charge in [-0.2, -0.15) is 0 Å². The zero-order chi connectivity index (χ0) is 17.6. The highest BCUT2D eigenvalue weighted by Crippen LogP contribution is 2.16. The van der Waals surface area contributed by atoms with Gasteiger partial charge in [-0.15, -0.1) is 11.3 Å². The molecular formula is C20H18N2O2S. The Hall–Kier alpha value is -2.92. The molecule has 3 rings (SSSR count). The predicted octanol–water partition coefficient (Wildman–Crippen LogP) is 4.49. The fourth-order valence-electron chi connectivity index (χ4n) is 2.44. The lowest BCUT2D eigenvalue weighted by atomic mass is 10.1. The van der Waals surface area contributed by atoms with Crippen LogP contribution in [0.1, 0.15) is 38.6 Å². The quantitative estimate of drug-likeness (QED) is 0.712. The number of hydrogen-bond donors (Lipinski definition) is 2. The first kappa shape index (κ1) is 16.9. The van der Waals surface area contributed by atoms with E-state index in [-0.39, 0.29) is 17.9 Å². The molecule has 126 valence electrons. The number of anilines is 1. The molecule has 1 atom stereocenters. The Morgan fingerprint density at radius 3 is 2.44 bits per heavy atom. The number of amides is 2. The zero-order valence-corrected chi connectivity index (χ0v) is 14.5. The molecule has 1 unspecified atom stereocenters. The van der Waals surface area contributed by atoms with Crippen LogP contribution in [0.3, 0.4) is 0 Å². The molecule has 3 aromatic rings. The minimum absolute atomic E-state index is 0.0990. The van der Waals surface area contributed by atoms with Gasteiger partial charge in [0.15, 0.2) is 0 Å². The van der Waals surface area contributed by atoms with Crippen molar-refractivity contribution in [1.29, 1.82) is 0 Å². The molecule has 0 aliphatic rings.